The van der Waals surface area contributed by atoms with Gasteiger partial charge in [-0.2, -0.15) is 0 Å². The molecule has 0 spiro atoms. The number of rotatable bonds is 3. The minimum absolute atomic E-state index is 0.0129. The number of aromatic nitrogens is 1. The molecule has 6 heteroatoms. The minimum atomic E-state index is -0.557. The first-order chi connectivity index (χ1) is 9.95. The van der Waals surface area contributed by atoms with Crippen LogP contribution in [0.1, 0.15) is 24.2 Å². The summed E-state index contributed by atoms with van der Waals surface area (Å²) in [6.45, 7) is 5.89. The largest absolute Gasteiger partial charge is 0.339 e. The molecule has 1 saturated heterocycles. The van der Waals surface area contributed by atoms with E-state index in [1.54, 1.807) is 34.3 Å². The average Bonchev–Trinajstić information content (AvgIpc) is 2.54. The average molecular weight is 310 g/mol. The fourth-order valence-electron chi connectivity index (χ4n) is 2.27. The zero-order chi connectivity index (χ0) is 15.5. The molecule has 0 bridgehead atoms. The summed E-state index contributed by atoms with van der Waals surface area (Å²) in [6, 6.07) is 3.41. The van der Waals surface area contributed by atoms with E-state index in [0.717, 1.165) is 0 Å². The molecule has 0 saturated carbocycles. The Kier molecular flexibility index (Phi) is 4.83. The second-order valence-electron chi connectivity index (χ2n) is 5.84. The van der Waals surface area contributed by atoms with Crippen LogP contribution in [-0.2, 0) is 4.79 Å². The van der Waals surface area contributed by atoms with Crippen LogP contribution >= 0.6 is 11.6 Å². The Bertz CT molecular complexity index is 511. The van der Waals surface area contributed by atoms with Crippen molar-refractivity contribution in [3.05, 3.63) is 30.1 Å². The van der Waals surface area contributed by atoms with Crippen LogP contribution in [0.25, 0.3) is 0 Å². The molecular formula is C15H20ClN3O2. The van der Waals surface area contributed by atoms with Crippen molar-refractivity contribution in [1.29, 1.82) is 0 Å². The molecule has 1 aliphatic rings. The van der Waals surface area contributed by atoms with Crippen molar-refractivity contribution >= 4 is 23.4 Å². The van der Waals surface area contributed by atoms with Crippen molar-refractivity contribution in [2.24, 2.45) is 5.41 Å². The van der Waals surface area contributed by atoms with Gasteiger partial charge in [0.2, 0.25) is 5.91 Å². The van der Waals surface area contributed by atoms with E-state index in [9.17, 15) is 9.59 Å². The molecule has 0 aliphatic carbocycles. The number of piperazine rings is 1. The van der Waals surface area contributed by atoms with Crippen LogP contribution in [-0.4, -0.2) is 58.7 Å². The second kappa shape index (κ2) is 6.43. The highest BCUT2D eigenvalue weighted by atomic mass is 35.5. The first kappa shape index (κ1) is 15.8. The Morgan fingerprint density at radius 1 is 1.14 bits per heavy atom. The third-order valence-electron chi connectivity index (χ3n) is 3.69. The van der Waals surface area contributed by atoms with Gasteiger partial charge in [-0.05, 0) is 26.0 Å². The van der Waals surface area contributed by atoms with E-state index in [1.165, 1.54) is 0 Å². The van der Waals surface area contributed by atoms with E-state index < -0.39 is 5.41 Å². The summed E-state index contributed by atoms with van der Waals surface area (Å²) in [4.78, 5) is 32.1. The van der Waals surface area contributed by atoms with Gasteiger partial charge in [-0.15, -0.1) is 11.6 Å². The Morgan fingerprint density at radius 3 is 2.19 bits per heavy atom. The number of pyridine rings is 1. The summed E-state index contributed by atoms with van der Waals surface area (Å²) in [5, 5.41) is 0. The van der Waals surface area contributed by atoms with Crippen molar-refractivity contribution < 1.29 is 9.59 Å². The summed E-state index contributed by atoms with van der Waals surface area (Å²) < 4.78 is 0. The lowest BCUT2D eigenvalue weighted by molar-refractivity contribution is -0.140. The van der Waals surface area contributed by atoms with Crippen molar-refractivity contribution in [3.63, 3.8) is 0 Å². The predicted octanol–water partition coefficient (Wildman–Crippen LogP) is 1.63. The van der Waals surface area contributed by atoms with Crippen molar-refractivity contribution in [2.75, 3.05) is 32.1 Å². The van der Waals surface area contributed by atoms with E-state index in [-0.39, 0.29) is 11.8 Å². The summed E-state index contributed by atoms with van der Waals surface area (Å²) in [6.07, 6.45) is 3.21. The number of nitrogens with zero attached hydrogens (tertiary/aromatic N) is 3. The number of halogens is 1. The summed E-state index contributed by atoms with van der Waals surface area (Å²) in [7, 11) is 0. The third-order valence-corrected chi connectivity index (χ3v) is 4.36. The first-order valence-electron chi connectivity index (χ1n) is 7.00. The van der Waals surface area contributed by atoms with E-state index in [2.05, 4.69) is 4.98 Å². The Labute approximate surface area is 129 Å². The van der Waals surface area contributed by atoms with Crippen LogP contribution < -0.4 is 0 Å². The maximum atomic E-state index is 12.3. The molecule has 1 aromatic heterocycles. The van der Waals surface area contributed by atoms with Gasteiger partial charge in [-0.1, -0.05) is 0 Å². The van der Waals surface area contributed by atoms with Gasteiger partial charge >= 0.3 is 0 Å². The zero-order valence-electron chi connectivity index (χ0n) is 12.4. The minimum Gasteiger partial charge on any atom is -0.339 e. The lowest BCUT2D eigenvalue weighted by Crippen LogP contribution is -2.53. The molecule has 2 amide bonds. The normalized spacial score (nSPS) is 16.0. The van der Waals surface area contributed by atoms with E-state index >= 15 is 0 Å². The molecule has 0 N–H and O–H groups in total. The van der Waals surface area contributed by atoms with Gasteiger partial charge in [0, 0.05) is 50.0 Å². The fraction of sp³-hybridized carbons (Fsp3) is 0.533. The van der Waals surface area contributed by atoms with Gasteiger partial charge in [0.25, 0.3) is 5.91 Å². The molecule has 1 aliphatic heterocycles. The predicted molar refractivity (Wildman–Crippen MR) is 81.2 cm³/mol. The van der Waals surface area contributed by atoms with E-state index in [0.29, 0.717) is 37.6 Å². The van der Waals surface area contributed by atoms with Crippen LogP contribution in [0.5, 0.6) is 0 Å². The molecule has 0 unspecified atom stereocenters. The monoisotopic (exact) mass is 309 g/mol. The molecule has 1 aromatic rings. The molecule has 1 fully saturated rings. The third kappa shape index (κ3) is 3.53. The fourth-order valence-corrected chi connectivity index (χ4v) is 2.39. The van der Waals surface area contributed by atoms with Crippen LogP contribution in [0.4, 0.5) is 0 Å². The summed E-state index contributed by atoms with van der Waals surface area (Å²) in [5.41, 5.74) is 0.0737. The van der Waals surface area contributed by atoms with E-state index in [1.807, 2.05) is 13.8 Å². The number of alkyl halides is 1. The lowest BCUT2D eigenvalue weighted by Gasteiger charge is -2.38. The standard InChI is InChI=1S/C15H20ClN3O2/c1-15(2,11-16)14(21)19-9-7-18(8-10-19)13(20)12-3-5-17-6-4-12/h3-6H,7-11H2,1-2H3. The van der Waals surface area contributed by atoms with Crippen LogP contribution in [0.3, 0.4) is 0 Å². The molecule has 114 valence electrons. The highest BCUT2D eigenvalue weighted by molar-refractivity contribution is 6.19. The number of hydrogen-bond acceptors (Lipinski definition) is 3. The van der Waals surface area contributed by atoms with Gasteiger partial charge < -0.3 is 9.80 Å². The van der Waals surface area contributed by atoms with Gasteiger partial charge in [0.15, 0.2) is 0 Å². The number of amides is 2. The lowest BCUT2D eigenvalue weighted by atomic mass is 9.94. The van der Waals surface area contributed by atoms with Crippen molar-refractivity contribution in [1.82, 2.24) is 14.8 Å². The Hall–Kier alpha value is -1.62. The van der Waals surface area contributed by atoms with Crippen molar-refractivity contribution in [3.8, 4) is 0 Å². The maximum absolute atomic E-state index is 12.3. The van der Waals surface area contributed by atoms with Gasteiger partial charge in [-0.25, -0.2) is 0 Å². The molecule has 2 heterocycles. The molecular weight excluding hydrogens is 290 g/mol. The molecule has 21 heavy (non-hydrogen) atoms. The SMILES string of the molecule is CC(C)(CCl)C(=O)N1CCN(C(=O)c2ccncc2)CC1. The second-order valence-corrected chi connectivity index (χ2v) is 6.11. The summed E-state index contributed by atoms with van der Waals surface area (Å²) in [5.74, 6) is 0.330. The quantitative estimate of drug-likeness (QED) is 0.798. The van der Waals surface area contributed by atoms with Crippen LogP contribution in [0.15, 0.2) is 24.5 Å². The van der Waals surface area contributed by atoms with Crippen molar-refractivity contribution in [2.45, 2.75) is 13.8 Å². The topological polar surface area (TPSA) is 53.5 Å². The Balaban J connectivity index is 1.95. The molecule has 2 rings (SSSR count). The van der Waals surface area contributed by atoms with Gasteiger partial charge in [-0.3, -0.25) is 14.6 Å². The molecule has 0 aromatic carbocycles. The molecule has 0 atom stereocenters. The highest BCUT2D eigenvalue weighted by Gasteiger charge is 2.33. The number of hydrogen-bond donors (Lipinski definition) is 0. The summed E-state index contributed by atoms with van der Waals surface area (Å²) >= 11 is 5.85. The Morgan fingerprint density at radius 2 is 1.67 bits per heavy atom. The van der Waals surface area contributed by atoms with Gasteiger partial charge in [0.1, 0.15) is 0 Å². The number of carbonyl (C=O) groups is 2. The maximum Gasteiger partial charge on any atom is 0.254 e. The van der Waals surface area contributed by atoms with Crippen LogP contribution in [0.2, 0.25) is 0 Å². The van der Waals surface area contributed by atoms with Crippen LogP contribution in [0, 0.1) is 5.41 Å². The zero-order valence-corrected chi connectivity index (χ0v) is 13.1. The van der Waals surface area contributed by atoms with E-state index in [4.69, 9.17) is 11.6 Å². The van der Waals surface area contributed by atoms with Gasteiger partial charge in [0.05, 0.1) is 5.41 Å². The number of carbonyl (C=O) groups excluding carboxylic acids is 2. The molecule has 0 radical (unpaired) electrons. The first-order valence-corrected chi connectivity index (χ1v) is 7.54. The highest BCUT2D eigenvalue weighted by Crippen LogP contribution is 2.21. The molecule has 5 nitrogen and oxygen atoms in total. The smallest absolute Gasteiger partial charge is 0.254 e.